The molecular weight excluding hydrogens is 374 g/mol. The molecule has 2 aromatic rings. The third kappa shape index (κ3) is 4.38. The summed E-state index contributed by atoms with van der Waals surface area (Å²) in [7, 11) is 0. The molecule has 1 aliphatic rings. The number of unbranched alkanes of at least 4 members (excludes halogenated alkanes) is 1. The number of hydrogen-bond acceptors (Lipinski definition) is 3. The van der Waals surface area contributed by atoms with E-state index in [4.69, 9.17) is 5.73 Å². The van der Waals surface area contributed by atoms with Gasteiger partial charge < -0.3 is 10.6 Å². The van der Waals surface area contributed by atoms with Crippen molar-refractivity contribution in [3.63, 3.8) is 0 Å². The van der Waals surface area contributed by atoms with Gasteiger partial charge in [0.15, 0.2) is 0 Å². The summed E-state index contributed by atoms with van der Waals surface area (Å²) in [6.07, 6.45) is 5.24. The maximum Gasteiger partial charge on any atom is 0.243 e. The molecule has 0 aliphatic heterocycles. The van der Waals surface area contributed by atoms with Gasteiger partial charge in [-0.2, -0.15) is 5.26 Å². The first-order valence-corrected chi connectivity index (χ1v) is 10.7. The maximum atomic E-state index is 13.1. The third-order valence-electron chi connectivity index (χ3n) is 6.10. The van der Waals surface area contributed by atoms with E-state index in [9.17, 15) is 14.9 Å². The van der Waals surface area contributed by atoms with E-state index in [1.54, 1.807) is 11.0 Å². The molecule has 0 saturated heterocycles. The number of nitrogens with zero attached hydrogens (tertiary/aromatic N) is 2. The first-order chi connectivity index (χ1) is 14.5. The molecule has 0 radical (unpaired) electrons. The molecule has 1 aliphatic carbocycles. The predicted octanol–water partition coefficient (Wildman–Crippen LogP) is 4.54. The highest BCUT2D eigenvalue weighted by Gasteiger charge is 2.46. The van der Waals surface area contributed by atoms with Crippen LogP contribution in [0.15, 0.2) is 48.5 Å². The Kier molecular flexibility index (Phi) is 6.89. The number of rotatable bonds is 8. The van der Waals surface area contributed by atoms with Crippen LogP contribution in [0.25, 0.3) is 11.1 Å². The van der Waals surface area contributed by atoms with Crippen LogP contribution in [0, 0.1) is 11.3 Å². The van der Waals surface area contributed by atoms with Gasteiger partial charge in [-0.05, 0) is 42.0 Å². The van der Waals surface area contributed by atoms with E-state index in [2.05, 4.69) is 13.0 Å². The zero-order valence-electron chi connectivity index (χ0n) is 17.6. The summed E-state index contributed by atoms with van der Waals surface area (Å²) in [5, 5.41) is 9.35. The monoisotopic (exact) mass is 403 g/mol. The molecule has 5 heteroatoms. The highest BCUT2D eigenvalue weighted by molar-refractivity contribution is 5.90. The number of primary amides is 1. The summed E-state index contributed by atoms with van der Waals surface area (Å²) in [5.74, 6) is -0.402. The lowest BCUT2D eigenvalue weighted by Crippen LogP contribution is -2.57. The van der Waals surface area contributed by atoms with Crippen molar-refractivity contribution < 1.29 is 9.59 Å². The highest BCUT2D eigenvalue weighted by atomic mass is 16.2. The molecule has 0 unspecified atom stereocenters. The van der Waals surface area contributed by atoms with Gasteiger partial charge in [0, 0.05) is 13.0 Å². The predicted molar refractivity (Wildman–Crippen MR) is 117 cm³/mol. The molecule has 0 bridgehead atoms. The molecule has 5 nitrogen and oxygen atoms in total. The maximum absolute atomic E-state index is 13.1. The first-order valence-electron chi connectivity index (χ1n) is 10.7. The van der Waals surface area contributed by atoms with Crippen molar-refractivity contribution in [2.75, 3.05) is 0 Å². The molecule has 3 rings (SSSR count). The van der Waals surface area contributed by atoms with Crippen LogP contribution in [-0.2, 0) is 16.1 Å². The molecular formula is C25H29N3O2. The van der Waals surface area contributed by atoms with E-state index in [0.29, 0.717) is 31.4 Å². The van der Waals surface area contributed by atoms with Gasteiger partial charge in [0.05, 0.1) is 11.6 Å². The van der Waals surface area contributed by atoms with E-state index in [0.717, 1.165) is 42.4 Å². The SMILES string of the molecule is CCCCC(=O)N(Cc1ccc(-c2ccccc2C#N)cc1)C1(C(N)=O)CCCC1. The fourth-order valence-electron chi connectivity index (χ4n) is 4.36. The van der Waals surface area contributed by atoms with Gasteiger partial charge in [-0.15, -0.1) is 0 Å². The Morgan fingerprint density at radius 1 is 1.10 bits per heavy atom. The molecule has 156 valence electrons. The second-order valence-corrected chi connectivity index (χ2v) is 8.04. The Bertz CT molecular complexity index is 938. The van der Waals surface area contributed by atoms with Crippen molar-refractivity contribution in [2.24, 2.45) is 5.73 Å². The minimum atomic E-state index is -0.878. The summed E-state index contributed by atoms with van der Waals surface area (Å²) < 4.78 is 0. The minimum absolute atomic E-state index is 0.00328. The second kappa shape index (κ2) is 9.58. The molecule has 0 spiro atoms. The molecule has 2 amide bonds. The van der Waals surface area contributed by atoms with Crippen LogP contribution in [-0.4, -0.2) is 22.3 Å². The standard InChI is InChI=1S/C25H29N3O2/c1-2-3-10-23(29)28(25(24(27)30)15-6-7-16-25)18-19-11-13-20(14-12-19)22-9-5-4-8-21(22)17-26/h4-5,8-9,11-14H,2-3,6-7,10,15-16,18H2,1H3,(H2,27,30). The van der Waals surface area contributed by atoms with Gasteiger partial charge in [0.1, 0.15) is 5.54 Å². The van der Waals surface area contributed by atoms with Crippen molar-refractivity contribution in [1.29, 1.82) is 5.26 Å². The highest BCUT2D eigenvalue weighted by Crippen LogP contribution is 2.37. The Labute approximate surface area is 178 Å². The number of carbonyl (C=O) groups is 2. The van der Waals surface area contributed by atoms with Gasteiger partial charge in [0.2, 0.25) is 11.8 Å². The van der Waals surface area contributed by atoms with Crippen LogP contribution in [0.3, 0.4) is 0 Å². The molecule has 2 N–H and O–H groups in total. The Morgan fingerprint density at radius 2 is 1.77 bits per heavy atom. The summed E-state index contributed by atoms with van der Waals surface area (Å²) in [6, 6.07) is 17.6. The number of amides is 2. The van der Waals surface area contributed by atoms with E-state index >= 15 is 0 Å². The van der Waals surface area contributed by atoms with Crippen LogP contribution >= 0.6 is 0 Å². The van der Waals surface area contributed by atoms with Crippen molar-refractivity contribution in [1.82, 2.24) is 4.90 Å². The molecule has 2 aromatic carbocycles. The molecule has 1 saturated carbocycles. The average Bonchev–Trinajstić information content (AvgIpc) is 3.27. The lowest BCUT2D eigenvalue weighted by molar-refractivity contribution is -0.147. The van der Waals surface area contributed by atoms with Crippen LogP contribution in [0.5, 0.6) is 0 Å². The van der Waals surface area contributed by atoms with Gasteiger partial charge in [-0.25, -0.2) is 0 Å². The van der Waals surface area contributed by atoms with E-state index in [1.807, 2.05) is 42.5 Å². The molecule has 0 heterocycles. The lowest BCUT2D eigenvalue weighted by atomic mass is 9.92. The fraction of sp³-hybridized carbons (Fsp3) is 0.400. The molecule has 1 fully saturated rings. The van der Waals surface area contributed by atoms with Gasteiger partial charge in [-0.3, -0.25) is 9.59 Å². The van der Waals surface area contributed by atoms with Crippen LogP contribution in [0.4, 0.5) is 0 Å². The van der Waals surface area contributed by atoms with Crippen LogP contribution in [0.2, 0.25) is 0 Å². The molecule has 0 atom stereocenters. The normalized spacial score (nSPS) is 14.8. The zero-order valence-corrected chi connectivity index (χ0v) is 17.6. The third-order valence-corrected chi connectivity index (χ3v) is 6.10. The van der Waals surface area contributed by atoms with Gasteiger partial charge >= 0.3 is 0 Å². The second-order valence-electron chi connectivity index (χ2n) is 8.04. The van der Waals surface area contributed by atoms with Crippen molar-refractivity contribution in [2.45, 2.75) is 64.0 Å². The number of benzene rings is 2. The van der Waals surface area contributed by atoms with Crippen molar-refractivity contribution in [3.8, 4) is 17.2 Å². The van der Waals surface area contributed by atoms with Crippen LogP contribution < -0.4 is 5.73 Å². The Morgan fingerprint density at radius 3 is 2.37 bits per heavy atom. The number of nitriles is 1. The van der Waals surface area contributed by atoms with Crippen molar-refractivity contribution in [3.05, 3.63) is 59.7 Å². The van der Waals surface area contributed by atoms with E-state index in [-0.39, 0.29) is 5.91 Å². The van der Waals surface area contributed by atoms with Crippen LogP contribution in [0.1, 0.15) is 63.0 Å². The van der Waals surface area contributed by atoms with Crippen molar-refractivity contribution >= 4 is 11.8 Å². The Balaban J connectivity index is 1.88. The zero-order chi connectivity index (χ0) is 21.6. The number of carbonyl (C=O) groups excluding carboxylic acids is 2. The first kappa shape index (κ1) is 21.6. The summed E-state index contributed by atoms with van der Waals surface area (Å²) in [6.45, 7) is 2.42. The smallest absolute Gasteiger partial charge is 0.243 e. The van der Waals surface area contributed by atoms with Gasteiger partial charge in [0.25, 0.3) is 0 Å². The summed E-state index contributed by atoms with van der Waals surface area (Å²) >= 11 is 0. The summed E-state index contributed by atoms with van der Waals surface area (Å²) in [4.78, 5) is 27.2. The minimum Gasteiger partial charge on any atom is -0.368 e. The number of nitrogens with two attached hydrogens (primary N) is 1. The fourth-order valence-corrected chi connectivity index (χ4v) is 4.36. The molecule has 0 aromatic heterocycles. The largest absolute Gasteiger partial charge is 0.368 e. The average molecular weight is 404 g/mol. The molecule has 30 heavy (non-hydrogen) atoms. The van der Waals surface area contributed by atoms with Gasteiger partial charge in [-0.1, -0.05) is 68.7 Å². The lowest BCUT2D eigenvalue weighted by Gasteiger charge is -2.39. The topological polar surface area (TPSA) is 87.2 Å². The number of hydrogen-bond donors (Lipinski definition) is 1. The van der Waals surface area contributed by atoms with E-state index in [1.165, 1.54) is 0 Å². The summed E-state index contributed by atoms with van der Waals surface area (Å²) in [5.41, 5.74) is 8.35. The quantitative estimate of drug-likeness (QED) is 0.702. The Hall–Kier alpha value is -3.13. The van der Waals surface area contributed by atoms with E-state index < -0.39 is 11.4 Å².